The molecule has 0 aliphatic carbocycles. The van der Waals surface area contributed by atoms with Crippen LogP contribution in [0.3, 0.4) is 0 Å². The number of H-pyrrole nitrogens is 2. The van der Waals surface area contributed by atoms with Crippen LogP contribution in [0, 0.1) is 13.8 Å². The van der Waals surface area contributed by atoms with Crippen LogP contribution in [-0.4, -0.2) is 37.0 Å². The zero-order valence-electron chi connectivity index (χ0n) is 14.3. The molecule has 0 aromatic carbocycles. The van der Waals surface area contributed by atoms with Gasteiger partial charge < -0.3 is 4.98 Å². The lowest BCUT2D eigenvalue weighted by molar-refractivity contribution is 0.0988. The van der Waals surface area contributed by atoms with Gasteiger partial charge in [0.2, 0.25) is 5.16 Å². The molecule has 0 saturated heterocycles. The van der Waals surface area contributed by atoms with E-state index >= 15 is 0 Å². The summed E-state index contributed by atoms with van der Waals surface area (Å²) in [6, 6.07) is 0. The van der Waals surface area contributed by atoms with E-state index in [1.54, 1.807) is 6.92 Å². The Kier molecular flexibility index (Phi) is 5.09. The van der Waals surface area contributed by atoms with Crippen molar-refractivity contribution in [3.8, 4) is 0 Å². The third-order valence-corrected chi connectivity index (χ3v) is 4.68. The number of nitrogens with one attached hydrogen (secondary N) is 2. The predicted molar refractivity (Wildman–Crippen MR) is 90.4 cm³/mol. The molecule has 2 aromatic heterocycles. The molecule has 0 bridgehead atoms. The first kappa shape index (κ1) is 17.5. The number of hydrogen-bond acceptors (Lipinski definition) is 5. The molecule has 0 aliphatic heterocycles. The number of aromatic amines is 2. The average Bonchev–Trinajstić information content (AvgIpc) is 3.02. The zero-order valence-corrected chi connectivity index (χ0v) is 15.1. The quantitative estimate of drug-likeness (QED) is 0.623. The lowest BCUT2D eigenvalue weighted by atomic mass is 10.0. The van der Waals surface area contributed by atoms with E-state index in [1.165, 1.54) is 18.7 Å². The molecule has 0 radical (unpaired) electrons. The first-order chi connectivity index (χ1) is 10.7. The Hall–Kier alpha value is -1.89. The summed E-state index contributed by atoms with van der Waals surface area (Å²) in [4.78, 5) is 31.8. The number of aromatic nitrogens is 4. The molecule has 0 spiro atoms. The second-order valence-corrected chi connectivity index (χ2v) is 7.27. The van der Waals surface area contributed by atoms with Crippen LogP contribution in [0.5, 0.6) is 0 Å². The van der Waals surface area contributed by atoms with Crippen molar-refractivity contribution in [2.75, 3.05) is 0 Å². The Morgan fingerprint density at radius 2 is 1.83 bits per heavy atom. The van der Waals surface area contributed by atoms with E-state index < -0.39 is 0 Å². The number of rotatable bonds is 6. The smallest absolute Gasteiger partial charge is 0.209 e. The van der Waals surface area contributed by atoms with Gasteiger partial charge in [-0.15, -0.1) is 5.10 Å². The largest absolute Gasteiger partial charge is 0.355 e. The van der Waals surface area contributed by atoms with Crippen LogP contribution in [0.25, 0.3) is 0 Å². The van der Waals surface area contributed by atoms with E-state index in [9.17, 15) is 9.59 Å². The van der Waals surface area contributed by atoms with Crippen molar-refractivity contribution >= 4 is 23.3 Å². The van der Waals surface area contributed by atoms with Gasteiger partial charge in [0.15, 0.2) is 11.6 Å². The topological polar surface area (TPSA) is 91.5 Å². The second-order valence-electron chi connectivity index (χ2n) is 5.96. The van der Waals surface area contributed by atoms with Gasteiger partial charge in [0.05, 0.1) is 10.9 Å². The highest BCUT2D eigenvalue weighted by Crippen LogP contribution is 2.26. The van der Waals surface area contributed by atoms with Gasteiger partial charge in [-0.1, -0.05) is 25.6 Å². The molecule has 6 nitrogen and oxygen atoms in total. The average molecular weight is 334 g/mol. The summed E-state index contributed by atoms with van der Waals surface area (Å²) >= 11 is 1.31. The van der Waals surface area contributed by atoms with E-state index in [2.05, 4.69) is 20.2 Å². The minimum Gasteiger partial charge on any atom is -0.355 e. The molecule has 1 atom stereocenters. The number of nitrogens with zero attached hydrogens (tertiary/aromatic N) is 2. The van der Waals surface area contributed by atoms with E-state index in [-0.39, 0.29) is 22.7 Å². The molecule has 2 aromatic rings. The molecule has 124 valence electrons. The standard InChI is InChI=1S/C16H22N4O2S/c1-7(2)15-18-16(20-19-15)23-11(6)14(22)13-8(3)12(10(5)21)9(4)17-13/h7,11,17H,1-6H3,(H,18,19,20)/t11-/m1/s1. The zero-order chi connectivity index (χ0) is 17.3. The van der Waals surface area contributed by atoms with Crippen LogP contribution in [0.4, 0.5) is 0 Å². The van der Waals surface area contributed by atoms with Crippen molar-refractivity contribution in [1.82, 2.24) is 20.2 Å². The Balaban J connectivity index is 2.19. The summed E-state index contributed by atoms with van der Waals surface area (Å²) in [7, 11) is 0. The molecule has 2 rings (SSSR count). The van der Waals surface area contributed by atoms with Crippen LogP contribution >= 0.6 is 11.8 Å². The minimum absolute atomic E-state index is 0.0360. The van der Waals surface area contributed by atoms with Gasteiger partial charge in [0, 0.05) is 17.2 Å². The summed E-state index contributed by atoms with van der Waals surface area (Å²) in [5, 5.41) is 7.23. The number of Topliss-reactive ketones (excluding diaryl/α,β-unsaturated/α-hetero) is 2. The van der Waals surface area contributed by atoms with Gasteiger partial charge in [-0.2, -0.15) is 0 Å². The molecule has 2 N–H and O–H groups in total. The second kappa shape index (κ2) is 6.70. The molecule has 2 heterocycles. The number of aryl methyl sites for hydroxylation is 1. The molecule has 0 amide bonds. The molecule has 0 unspecified atom stereocenters. The normalized spacial score (nSPS) is 12.7. The SMILES string of the molecule is CC(=O)c1c(C)[nH]c(C(=O)[C@@H](C)Sc2n[nH]c(C(C)C)n2)c1C. The number of thioether (sulfide) groups is 1. The number of hydrogen-bond donors (Lipinski definition) is 2. The van der Waals surface area contributed by atoms with Gasteiger partial charge in [-0.3, -0.25) is 14.7 Å². The molecule has 7 heteroatoms. The maximum Gasteiger partial charge on any atom is 0.209 e. The molecule has 0 fully saturated rings. The van der Waals surface area contributed by atoms with Crippen LogP contribution < -0.4 is 0 Å². The highest BCUT2D eigenvalue weighted by Gasteiger charge is 2.25. The van der Waals surface area contributed by atoms with Gasteiger partial charge >= 0.3 is 0 Å². The fourth-order valence-corrected chi connectivity index (χ4v) is 3.30. The molecule has 23 heavy (non-hydrogen) atoms. The van der Waals surface area contributed by atoms with E-state index in [4.69, 9.17) is 0 Å². The van der Waals surface area contributed by atoms with Crippen LogP contribution in [-0.2, 0) is 0 Å². The van der Waals surface area contributed by atoms with Crippen molar-refractivity contribution in [1.29, 1.82) is 0 Å². The first-order valence-corrected chi connectivity index (χ1v) is 8.43. The van der Waals surface area contributed by atoms with Gasteiger partial charge in [-0.25, -0.2) is 4.98 Å². The lowest BCUT2D eigenvalue weighted by Gasteiger charge is -2.07. The third kappa shape index (κ3) is 3.55. The molecule has 0 aliphatic rings. The minimum atomic E-state index is -0.345. The summed E-state index contributed by atoms with van der Waals surface area (Å²) in [5.41, 5.74) is 2.54. The van der Waals surface area contributed by atoms with E-state index in [0.717, 1.165) is 11.5 Å². The highest BCUT2D eigenvalue weighted by atomic mass is 32.2. The van der Waals surface area contributed by atoms with Crippen molar-refractivity contribution in [3.63, 3.8) is 0 Å². The first-order valence-electron chi connectivity index (χ1n) is 7.55. The summed E-state index contributed by atoms with van der Waals surface area (Å²) < 4.78 is 0. The fraction of sp³-hybridized carbons (Fsp3) is 0.500. The monoisotopic (exact) mass is 334 g/mol. The summed E-state index contributed by atoms with van der Waals surface area (Å²) in [6.07, 6.45) is 0. The lowest BCUT2D eigenvalue weighted by Crippen LogP contribution is -2.15. The number of ketones is 2. The van der Waals surface area contributed by atoms with Gasteiger partial charge in [-0.05, 0) is 33.3 Å². The van der Waals surface area contributed by atoms with E-state index in [1.807, 2.05) is 27.7 Å². The number of carbonyl (C=O) groups excluding carboxylic acids is 2. The van der Waals surface area contributed by atoms with Crippen LogP contribution in [0.1, 0.15) is 71.5 Å². The van der Waals surface area contributed by atoms with Crippen molar-refractivity contribution in [2.24, 2.45) is 0 Å². The maximum absolute atomic E-state index is 12.7. The molecule has 0 saturated carbocycles. The Labute approximate surface area is 139 Å². The Morgan fingerprint density at radius 3 is 2.30 bits per heavy atom. The number of carbonyl (C=O) groups is 2. The van der Waals surface area contributed by atoms with Crippen molar-refractivity contribution in [2.45, 2.75) is 57.9 Å². The molecular weight excluding hydrogens is 312 g/mol. The van der Waals surface area contributed by atoms with Crippen molar-refractivity contribution < 1.29 is 9.59 Å². The predicted octanol–water partition coefficient (Wildman–Crippen LogP) is 3.44. The highest BCUT2D eigenvalue weighted by molar-refractivity contribution is 8.00. The van der Waals surface area contributed by atoms with Gasteiger partial charge in [0.1, 0.15) is 5.82 Å². The Bertz CT molecular complexity index is 745. The molecular formula is C16H22N4O2S. The maximum atomic E-state index is 12.7. The summed E-state index contributed by atoms with van der Waals surface area (Å²) in [6.45, 7) is 11.0. The summed E-state index contributed by atoms with van der Waals surface area (Å²) in [5.74, 6) is 0.970. The van der Waals surface area contributed by atoms with E-state index in [0.29, 0.717) is 22.0 Å². The van der Waals surface area contributed by atoms with Crippen LogP contribution in [0.15, 0.2) is 5.16 Å². The fourth-order valence-electron chi connectivity index (χ4n) is 2.51. The van der Waals surface area contributed by atoms with Gasteiger partial charge in [0.25, 0.3) is 0 Å². The van der Waals surface area contributed by atoms with Crippen molar-refractivity contribution in [3.05, 3.63) is 28.3 Å². The van der Waals surface area contributed by atoms with Crippen LogP contribution in [0.2, 0.25) is 0 Å². The Morgan fingerprint density at radius 1 is 1.17 bits per heavy atom. The third-order valence-electron chi connectivity index (χ3n) is 3.72.